The Labute approximate surface area is 103 Å². The number of nitrogens with two attached hydrogens (primary N) is 2. The molecule has 0 atom stereocenters. The average Bonchev–Trinajstić information content (AvgIpc) is 2.22. The lowest BCUT2D eigenvalue weighted by Gasteiger charge is -2.05. The van der Waals surface area contributed by atoms with Crippen LogP contribution < -0.4 is 11.5 Å². The third-order valence-corrected chi connectivity index (χ3v) is 2.73. The van der Waals surface area contributed by atoms with E-state index in [-0.39, 0.29) is 5.95 Å². The highest BCUT2D eigenvalue weighted by atomic mass is 35.5. The smallest absolute Gasteiger partial charge is 0.221 e. The zero-order valence-corrected chi connectivity index (χ0v) is 9.72. The fraction of sp³-hybridized carbons (Fsp3) is 0. The molecule has 0 saturated heterocycles. The van der Waals surface area contributed by atoms with Gasteiger partial charge in [0.2, 0.25) is 5.95 Å². The highest BCUT2D eigenvalue weighted by molar-refractivity contribution is 7.80. The van der Waals surface area contributed by atoms with Crippen molar-refractivity contribution in [1.29, 1.82) is 0 Å². The molecule has 0 aliphatic heterocycles. The molecule has 1 heterocycles. The maximum absolute atomic E-state index is 5.83. The van der Waals surface area contributed by atoms with E-state index in [0.717, 1.165) is 5.56 Å². The van der Waals surface area contributed by atoms with Crippen molar-refractivity contribution in [1.82, 2.24) is 9.97 Å². The summed E-state index contributed by atoms with van der Waals surface area (Å²) in [5, 5.41) is 0.903. The molecule has 0 fully saturated rings. The highest BCUT2D eigenvalue weighted by Crippen LogP contribution is 2.29. The minimum atomic E-state index is 0.163. The molecule has 0 aliphatic carbocycles. The number of hydrogen-bond acceptors (Lipinski definition) is 4. The molecule has 2 rings (SSSR count). The standard InChI is InChI=1S/C10H8ClN4S/c11-7-2-1-5(3-8(7)12)6-4-14-10(13)15-9(6)16/h1-4H,12H2,(H2,13,14,15). The van der Waals surface area contributed by atoms with Crippen molar-refractivity contribution >= 4 is 35.9 Å². The molecule has 2 aromatic rings. The maximum Gasteiger partial charge on any atom is 0.221 e. The van der Waals surface area contributed by atoms with Gasteiger partial charge >= 0.3 is 0 Å². The largest absolute Gasteiger partial charge is 0.398 e. The van der Waals surface area contributed by atoms with Crippen molar-refractivity contribution in [2.75, 3.05) is 11.5 Å². The van der Waals surface area contributed by atoms with Crippen LogP contribution in [0.25, 0.3) is 11.1 Å². The Bertz CT molecular complexity index is 544. The second-order valence-electron chi connectivity index (χ2n) is 3.18. The fourth-order valence-electron chi connectivity index (χ4n) is 1.29. The first-order valence-corrected chi connectivity index (χ1v) is 5.21. The summed E-state index contributed by atoms with van der Waals surface area (Å²) in [6, 6.07) is 5.24. The van der Waals surface area contributed by atoms with E-state index in [0.29, 0.717) is 21.3 Å². The fourth-order valence-corrected chi connectivity index (χ4v) is 1.67. The Morgan fingerprint density at radius 1 is 1.25 bits per heavy atom. The van der Waals surface area contributed by atoms with Gasteiger partial charge in [-0.2, -0.15) is 0 Å². The molecule has 6 heteroatoms. The summed E-state index contributed by atoms with van der Waals surface area (Å²) < 4.78 is 0. The van der Waals surface area contributed by atoms with Gasteiger partial charge in [-0.15, -0.1) is 0 Å². The molecule has 16 heavy (non-hydrogen) atoms. The minimum Gasteiger partial charge on any atom is -0.398 e. The van der Waals surface area contributed by atoms with E-state index in [2.05, 4.69) is 9.97 Å². The van der Waals surface area contributed by atoms with Crippen LogP contribution in [0.1, 0.15) is 0 Å². The van der Waals surface area contributed by atoms with Crippen LogP contribution in [-0.2, 0) is 0 Å². The van der Waals surface area contributed by atoms with Crippen LogP contribution in [0.15, 0.2) is 29.4 Å². The number of halogens is 1. The molecule has 1 aromatic carbocycles. The molecular formula is C10H8ClN4S. The number of nitrogen functional groups attached to an aromatic ring is 2. The highest BCUT2D eigenvalue weighted by Gasteiger charge is 2.07. The Hall–Kier alpha value is -1.59. The van der Waals surface area contributed by atoms with Crippen LogP contribution in [0.3, 0.4) is 0 Å². The molecule has 1 aromatic heterocycles. The number of benzene rings is 1. The van der Waals surface area contributed by atoms with Crippen molar-refractivity contribution in [3.05, 3.63) is 29.4 Å². The second-order valence-corrected chi connectivity index (χ2v) is 3.98. The van der Waals surface area contributed by atoms with Crippen LogP contribution >= 0.6 is 24.2 Å². The van der Waals surface area contributed by atoms with Crippen LogP contribution in [-0.4, -0.2) is 9.97 Å². The summed E-state index contributed by atoms with van der Waals surface area (Å²) in [4.78, 5) is 7.80. The molecule has 4 N–H and O–H groups in total. The van der Waals surface area contributed by atoms with E-state index in [4.69, 9.17) is 35.7 Å². The topological polar surface area (TPSA) is 77.8 Å². The second kappa shape index (κ2) is 4.11. The number of rotatable bonds is 1. The predicted octanol–water partition coefficient (Wildman–Crippen LogP) is 2.52. The van der Waals surface area contributed by atoms with Gasteiger partial charge in [0.25, 0.3) is 0 Å². The van der Waals surface area contributed by atoms with Crippen molar-refractivity contribution in [3.63, 3.8) is 0 Å². The molecule has 0 spiro atoms. The van der Waals surface area contributed by atoms with Gasteiger partial charge in [-0.3, -0.25) is 0 Å². The Kier molecular flexibility index (Phi) is 2.80. The first kappa shape index (κ1) is 10.9. The summed E-state index contributed by atoms with van der Waals surface area (Å²) in [5.74, 6) is 0.163. The first-order valence-electron chi connectivity index (χ1n) is 4.43. The zero-order valence-electron chi connectivity index (χ0n) is 8.14. The Morgan fingerprint density at radius 2 is 2.00 bits per heavy atom. The molecule has 4 nitrogen and oxygen atoms in total. The third kappa shape index (κ3) is 2.00. The molecule has 0 bridgehead atoms. The van der Waals surface area contributed by atoms with Gasteiger partial charge in [-0.25, -0.2) is 9.97 Å². The van der Waals surface area contributed by atoms with Gasteiger partial charge in [0.15, 0.2) is 0 Å². The van der Waals surface area contributed by atoms with Gasteiger partial charge < -0.3 is 11.5 Å². The SMILES string of the molecule is Nc1ncc(-c2ccc(Cl)c(N)c2)c([S])n1. The molecule has 0 aliphatic rings. The Morgan fingerprint density at radius 3 is 2.62 bits per heavy atom. The van der Waals surface area contributed by atoms with E-state index in [9.17, 15) is 0 Å². The number of hydrogen-bond donors (Lipinski definition) is 2. The third-order valence-electron chi connectivity index (χ3n) is 2.08. The van der Waals surface area contributed by atoms with Crippen LogP contribution in [0, 0.1) is 0 Å². The molecule has 0 amide bonds. The van der Waals surface area contributed by atoms with Gasteiger partial charge in [0.1, 0.15) is 5.03 Å². The van der Waals surface area contributed by atoms with Crippen molar-refractivity contribution in [3.8, 4) is 11.1 Å². The van der Waals surface area contributed by atoms with Crippen LogP contribution in [0.2, 0.25) is 5.02 Å². The van der Waals surface area contributed by atoms with Crippen LogP contribution in [0.4, 0.5) is 11.6 Å². The Balaban J connectivity index is 2.54. The minimum absolute atomic E-state index is 0.163. The number of nitrogens with zero attached hydrogens (tertiary/aromatic N) is 2. The molecule has 81 valence electrons. The van der Waals surface area contributed by atoms with Gasteiger partial charge in [-0.1, -0.05) is 30.3 Å². The number of anilines is 2. The van der Waals surface area contributed by atoms with E-state index in [1.807, 2.05) is 6.07 Å². The van der Waals surface area contributed by atoms with Gasteiger partial charge in [-0.05, 0) is 17.7 Å². The number of aromatic nitrogens is 2. The van der Waals surface area contributed by atoms with Gasteiger partial charge in [0.05, 0.1) is 10.7 Å². The lowest BCUT2D eigenvalue weighted by atomic mass is 10.1. The summed E-state index contributed by atoms with van der Waals surface area (Å²) in [7, 11) is 0. The summed E-state index contributed by atoms with van der Waals surface area (Å²) >= 11 is 10.9. The van der Waals surface area contributed by atoms with E-state index in [1.54, 1.807) is 18.3 Å². The normalized spacial score (nSPS) is 10.3. The quantitative estimate of drug-likeness (QED) is 0.603. The lowest BCUT2D eigenvalue weighted by molar-refractivity contribution is 1.08. The van der Waals surface area contributed by atoms with Crippen LogP contribution in [0.5, 0.6) is 0 Å². The lowest BCUT2D eigenvalue weighted by Crippen LogP contribution is -1.96. The maximum atomic E-state index is 5.83. The van der Waals surface area contributed by atoms with Crippen molar-refractivity contribution in [2.24, 2.45) is 0 Å². The monoisotopic (exact) mass is 251 g/mol. The average molecular weight is 252 g/mol. The van der Waals surface area contributed by atoms with E-state index >= 15 is 0 Å². The zero-order chi connectivity index (χ0) is 11.7. The summed E-state index contributed by atoms with van der Waals surface area (Å²) in [6.07, 6.45) is 1.58. The first-order chi connectivity index (χ1) is 7.58. The summed E-state index contributed by atoms with van der Waals surface area (Å²) in [6.45, 7) is 0. The van der Waals surface area contributed by atoms with Crippen molar-refractivity contribution < 1.29 is 0 Å². The molecule has 0 saturated carbocycles. The van der Waals surface area contributed by atoms with E-state index in [1.165, 1.54) is 0 Å². The predicted molar refractivity (Wildman–Crippen MR) is 67.2 cm³/mol. The van der Waals surface area contributed by atoms with Crippen molar-refractivity contribution in [2.45, 2.75) is 5.03 Å². The van der Waals surface area contributed by atoms with Gasteiger partial charge in [0, 0.05) is 11.8 Å². The summed E-state index contributed by atoms with van der Waals surface area (Å²) in [5.41, 5.74) is 13.2. The molecular weight excluding hydrogens is 244 g/mol. The van der Waals surface area contributed by atoms with E-state index < -0.39 is 0 Å². The molecule has 0 unspecified atom stereocenters. The molecule has 1 radical (unpaired) electrons.